The molecule has 0 bridgehead atoms. The zero-order valence-electron chi connectivity index (χ0n) is 13.4. The lowest BCUT2D eigenvalue weighted by Gasteiger charge is -2.17. The van der Waals surface area contributed by atoms with Crippen molar-refractivity contribution >= 4 is 46.4 Å². The summed E-state index contributed by atoms with van der Waals surface area (Å²) < 4.78 is 13.7. The molecule has 2 aromatic carbocycles. The summed E-state index contributed by atoms with van der Waals surface area (Å²) in [6.07, 6.45) is 0.0551. The Balaban J connectivity index is 1.74. The van der Waals surface area contributed by atoms with Crippen LogP contribution in [0.1, 0.15) is 12.0 Å². The fraction of sp³-hybridized carbons (Fsp3) is 0.222. The van der Waals surface area contributed by atoms with Crippen LogP contribution >= 0.6 is 23.2 Å². The molecule has 7 heteroatoms. The van der Waals surface area contributed by atoms with Crippen LogP contribution in [0.4, 0.5) is 15.8 Å². The first-order valence-corrected chi connectivity index (χ1v) is 8.43. The van der Waals surface area contributed by atoms with Crippen LogP contribution in [0.5, 0.6) is 0 Å². The van der Waals surface area contributed by atoms with Gasteiger partial charge in [-0.25, -0.2) is 4.39 Å². The molecular formula is C18H15Cl2FN2O2. The topological polar surface area (TPSA) is 49.4 Å². The van der Waals surface area contributed by atoms with Gasteiger partial charge < -0.3 is 10.2 Å². The molecule has 0 aromatic heterocycles. The smallest absolute Gasteiger partial charge is 0.229 e. The number of benzene rings is 2. The van der Waals surface area contributed by atoms with E-state index in [4.69, 9.17) is 23.2 Å². The van der Waals surface area contributed by atoms with Crippen molar-refractivity contribution in [3.63, 3.8) is 0 Å². The van der Waals surface area contributed by atoms with E-state index in [1.54, 1.807) is 37.3 Å². The fourth-order valence-electron chi connectivity index (χ4n) is 2.71. The van der Waals surface area contributed by atoms with Crippen molar-refractivity contribution < 1.29 is 14.0 Å². The summed E-state index contributed by atoms with van der Waals surface area (Å²) in [4.78, 5) is 26.1. The summed E-state index contributed by atoms with van der Waals surface area (Å²) >= 11 is 11.9. The summed E-state index contributed by atoms with van der Waals surface area (Å²) in [5.74, 6) is -1.48. The number of amides is 2. The molecule has 0 saturated carbocycles. The Hall–Kier alpha value is -2.11. The van der Waals surface area contributed by atoms with Crippen LogP contribution in [0.2, 0.25) is 10.0 Å². The highest BCUT2D eigenvalue weighted by molar-refractivity contribution is 6.35. The first-order chi connectivity index (χ1) is 11.8. The average Bonchev–Trinajstić information content (AvgIpc) is 2.95. The van der Waals surface area contributed by atoms with Gasteiger partial charge in [0, 0.05) is 23.7 Å². The number of rotatable bonds is 3. The molecule has 4 nitrogen and oxygen atoms in total. The molecule has 2 aromatic rings. The van der Waals surface area contributed by atoms with E-state index in [-0.39, 0.29) is 30.6 Å². The Kier molecular flexibility index (Phi) is 4.97. The molecule has 130 valence electrons. The lowest BCUT2D eigenvalue weighted by atomic mass is 10.1. The van der Waals surface area contributed by atoms with Crippen LogP contribution in [0.25, 0.3) is 0 Å². The molecule has 1 aliphatic heterocycles. The van der Waals surface area contributed by atoms with E-state index in [9.17, 15) is 14.0 Å². The lowest BCUT2D eigenvalue weighted by Crippen LogP contribution is -2.28. The Morgan fingerprint density at radius 1 is 1.24 bits per heavy atom. The zero-order chi connectivity index (χ0) is 18.1. The van der Waals surface area contributed by atoms with E-state index in [0.29, 0.717) is 27.0 Å². The second-order valence-corrected chi connectivity index (χ2v) is 6.80. The van der Waals surface area contributed by atoms with Gasteiger partial charge in [0.2, 0.25) is 11.8 Å². The van der Waals surface area contributed by atoms with Gasteiger partial charge in [-0.1, -0.05) is 29.3 Å². The quantitative estimate of drug-likeness (QED) is 0.855. The van der Waals surface area contributed by atoms with Gasteiger partial charge in [0.25, 0.3) is 0 Å². The molecule has 1 fully saturated rings. The highest BCUT2D eigenvalue weighted by atomic mass is 35.5. The molecule has 1 aliphatic rings. The third-order valence-electron chi connectivity index (χ3n) is 4.15. The van der Waals surface area contributed by atoms with Crippen LogP contribution in [0, 0.1) is 18.7 Å². The van der Waals surface area contributed by atoms with E-state index in [2.05, 4.69) is 5.32 Å². The van der Waals surface area contributed by atoms with Crippen LogP contribution in [-0.4, -0.2) is 18.4 Å². The molecule has 2 amide bonds. The van der Waals surface area contributed by atoms with Gasteiger partial charge in [-0.2, -0.15) is 0 Å². The standard InChI is InChI=1S/C18H15Cl2FN2O2/c1-10-2-4-13(8-15(10)21)23-9-11(6-17(23)24)18(25)22-16-7-12(19)3-5-14(16)20/h2-5,7-8,11H,6,9H2,1H3,(H,22,25). The number of carbonyl (C=O) groups is 2. The molecule has 0 aliphatic carbocycles. The Morgan fingerprint density at radius 3 is 2.72 bits per heavy atom. The van der Waals surface area contributed by atoms with Gasteiger partial charge in [-0.15, -0.1) is 0 Å². The molecule has 3 rings (SSSR count). The number of carbonyl (C=O) groups excluding carboxylic acids is 2. The van der Waals surface area contributed by atoms with Gasteiger partial charge in [-0.05, 0) is 42.8 Å². The van der Waals surface area contributed by atoms with Crippen molar-refractivity contribution in [2.45, 2.75) is 13.3 Å². The summed E-state index contributed by atoms with van der Waals surface area (Å²) in [5, 5.41) is 3.50. The number of hydrogen-bond donors (Lipinski definition) is 1. The molecule has 0 spiro atoms. The van der Waals surface area contributed by atoms with Crippen LogP contribution in [-0.2, 0) is 9.59 Å². The van der Waals surface area contributed by atoms with Crippen molar-refractivity contribution in [1.82, 2.24) is 0 Å². The second-order valence-electron chi connectivity index (χ2n) is 5.95. The normalized spacial score (nSPS) is 17.0. The van der Waals surface area contributed by atoms with Gasteiger partial charge in [-0.3, -0.25) is 9.59 Å². The monoisotopic (exact) mass is 380 g/mol. The molecule has 1 N–H and O–H groups in total. The minimum Gasteiger partial charge on any atom is -0.324 e. The fourth-order valence-corrected chi connectivity index (χ4v) is 3.05. The van der Waals surface area contributed by atoms with Crippen molar-refractivity contribution in [1.29, 1.82) is 0 Å². The predicted octanol–water partition coefficient (Wildman–Crippen LogP) is 4.43. The molecule has 1 saturated heterocycles. The highest BCUT2D eigenvalue weighted by Crippen LogP contribution is 2.29. The minimum absolute atomic E-state index is 0.0551. The van der Waals surface area contributed by atoms with Gasteiger partial charge in [0.15, 0.2) is 0 Å². The largest absolute Gasteiger partial charge is 0.324 e. The molecule has 1 unspecified atom stereocenters. The number of nitrogens with zero attached hydrogens (tertiary/aromatic N) is 1. The zero-order valence-corrected chi connectivity index (χ0v) is 14.9. The minimum atomic E-state index is -0.549. The van der Waals surface area contributed by atoms with Crippen LogP contribution in [0.3, 0.4) is 0 Å². The van der Waals surface area contributed by atoms with Crippen molar-refractivity contribution in [2.75, 3.05) is 16.8 Å². The molecule has 1 atom stereocenters. The van der Waals surface area contributed by atoms with Crippen molar-refractivity contribution in [3.05, 3.63) is 57.8 Å². The number of nitrogens with one attached hydrogen (secondary N) is 1. The van der Waals surface area contributed by atoms with E-state index >= 15 is 0 Å². The van der Waals surface area contributed by atoms with Crippen LogP contribution < -0.4 is 10.2 Å². The average molecular weight is 381 g/mol. The number of hydrogen-bond acceptors (Lipinski definition) is 2. The maximum absolute atomic E-state index is 13.7. The van der Waals surface area contributed by atoms with Crippen molar-refractivity contribution in [2.24, 2.45) is 5.92 Å². The molecule has 0 radical (unpaired) electrons. The third-order valence-corrected chi connectivity index (χ3v) is 4.71. The van der Waals surface area contributed by atoms with Gasteiger partial charge in [0.05, 0.1) is 16.6 Å². The molecular weight excluding hydrogens is 366 g/mol. The molecule has 25 heavy (non-hydrogen) atoms. The maximum Gasteiger partial charge on any atom is 0.229 e. The number of halogens is 3. The second kappa shape index (κ2) is 7.02. The summed E-state index contributed by atoms with van der Waals surface area (Å²) in [6.45, 7) is 1.83. The highest BCUT2D eigenvalue weighted by Gasteiger charge is 2.35. The first-order valence-electron chi connectivity index (χ1n) is 7.67. The Labute approximate surface area is 154 Å². The third kappa shape index (κ3) is 3.78. The summed E-state index contributed by atoms with van der Waals surface area (Å²) in [7, 11) is 0. The van der Waals surface area contributed by atoms with E-state index < -0.39 is 5.92 Å². The first kappa shape index (κ1) is 17.7. The van der Waals surface area contributed by atoms with E-state index in [1.807, 2.05) is 0 Å². The van der Waals surface area contributed by atoms with Crippen LogP contribution in [0.15, 0.2) is 36.4 Å². The van der Waals surface area contributed by atoms with Gasteiger partial charge >= 0.3 is 0 Å². The number of aryl methyl sites for hydroxylation is 1. The Bertz CT molecular complexity index is 857. The van der Waals surface area contributed by atoms with E-state index in [0.717, 1.165) is 0 Å². The predicted molar refractivity (Wildman–Crippen MR) is 96.7 cm³/mol. The molecule has 1 heterocycles. The van der Waals surface area contributed by atoms with E-state index in [1.165, 1.54) is 11.0 Å². The van der Waals surface area contributed by atoms with Gasteiger partial charge in [0.1, 0.15) is 5.82 Å². The maximum atomic E-state index is 13.7. The SMILES string of the molecule is Cc1ccc(N2CC(C(=O)Nc3cc(Cl)ccc3Cl)CC2=O)cc1F. The Morgan fingerprint density at radius 2 is 2.00 bits per heavy atom. The number of anilines is 2. The summed E-state index contributed by atoms with van der Waals surface area (Å²) in [5.41, 5.74) is 1.34. The lowest BCUT2D eigenvalue weighted by molar-refractivity contribution is -0.122. The van der Waals surface area contributed by atoms with Crippen molar-refractivity contribution in [3.8, 4) is 0 Å². The summed E-state index contributed by atoms with van der Waals surface area (Å²) in [6, 6.07) is 9.33.